The number of ether oxygens (including phenoxy) is 2. The average molecular weight is 390 g/mol. The molecule has 2 aromatic rings. The van der Waals surface area contributed by atoms with Crippen LogP contribution in [0.1, 0.15) is 26.3 Å². The van der Waals surface area contributed by atoms with Crippen LogP contribution in [0.5, 0.6) is 11.5 Å². The minimum Gasteiger partial charge on any atom is -0.486 e. The lowest BCUT2D eigenvalue weighted by Gasteiger charge is -2.21. The predicted molar refractivity (Wildman–Crippen MR) is 98.9 cm³/mol. The van der Waals surface area contributed by atoms with E-state index in [1.807, 2.05) is 0 Å². The van der Waals surface area contributed by atoms with Gasteiger partial charge < -0.3 is 24.8 Å². The molecule has 8 nitrogen and oxygen atoms in total. The molecule has 27 heavy (non-hydrogen) atoms. The largest absolute Gasteiger partial charge is 0.486 e. The highest BCUT2D eigenvalue weighted by Gasteiger charge is 2.21. The quantitative estimate of drug-likeness (QED) is 0.784. The van der Waals surface area contributed by atoms with Crippen LogP contribution in [0.3, 0.4) is 0 Å². The van der Waals surface area contributed by atoms with E-state index in [0.29, 0.717) is 36.9 Å². The van der Waals surface area contributed by atoms with Crippen molar-refractivity contribution < 1.29 is 29.0 Å². The summed E-state index contributed by atoms with van der Waals surface area (Å²) in [5, 5.41) is 11.7. The summed E-state index contributed by atoms with van der Waals surface area (Å²) in [4.78, 5) is 37.5. The van der Waals surface area contributed by atoms with Gasteiger partial charge in [0.1, 0.15) is 24.6 Å². The topological polar surface area (TPSA) is 105 Å². The third-order valence-corrected chi connectivity index (χ3v) is 4.92. The van der Waals surface area contributed by atoms with Gasteiger partial charge in [0.2, 0.25) is 5.91 Å². The second kappa shape index (κ2) is 8.09. The maximum Gasteiger partial charge on any atom is 0.345 e. The Hall–Kier alpha value is -3.07. The normalized spacial score (nSPS) is 12.3. The second-order valence-corrected chi connectivity index (χ2v) is 6.78. The van der Waals surface area contributed by atoms with Crippen LogP contribution in [0.2, 0.25) is 0 Å². The van der Waals surface area contributed by atoms with Crippen LogP contribution < -0.4 is 14.8 Å². The number of anilines is 1. The van der Waals surface area contributed by atoms with Gasteiger partial charge in [-0.25, -0.2) is 4.79 Å². The van der Waals surface area contributed by atoms with Gasteiger partial charge in [-0.15, -0.1) is 11.3 Å². The molecule has 1 aliphatic rings. The number of nitrogens with zero attached hydrogens (tertiary/aromatic N) is 1. The van der Waals surface area contributed by atoms with Crippen molar-refractivity contribution in [1.82, 2.24) is 4.90 Å². The highest BCUT2D eigenvalue weighted by Crippen LogP contribution is 2.32. The standard InChI is InChI=1S/C18H18N2O6S/c1-2-20(17(22)14-5-6-15(27-14)18(23)24)10-16(21)19-11-3-4-12-13(9-11)26-8-7-25-12/h3-6,9H,2,7-8,10H2,1H3,(H,19,21)(H,23,24). The number of hydrogen-bond acceptors (Lipinski definition) is 6. The van der Waals surface area contributed by atoms with E-state index in [1.54, 1.807) is 25.1 Å². The number of hydrogen-bond donors (Lipinski definition) is 2. The molecule has 0 saturated carbocycles. The molecular formula is C18H18N2O6S. The molecular weight excluding hydrogens is 372 g/mol. The summed E-state index contributed by atoms with van der Waals surface area (Å²) in [6, 6.07) is 7.91. The van der Waals surface area contributed by atoms with Crippen molar-refractivity contribution in [2.45, 2.75) is 6.92 Å². The van der Waals surface area contributed by atoms with E-state index in [0.717, 1.165) is 11.3 Å². The molecule has 0 saturated heterocycles. The second-order valence-electron chi connectivity index (χ2n) is 5.69. The number of carbonyl (C=O) groups is 3. The number of likely N-dealkylation sites (N-methyl/N-ethyl adjacent to an activating group) is 1. The summed E-state index contributed by atoms with van der Waals surface area (Å²) >= 11 is 0.886. The maximum atomic E-state index is 12.5. The Bertz CT molecular complexity index is 878. The Morgan fingerprint density at radius 3 is 2.48 bits per heavy atom. The number of rotatable bonds is 6. The van der Waals surface area contributed by atoms with E-state index >= 15 is 0 Å². The minimum absolute atomic E-state index is 0.0788. The van der Waals surface area contributed by atoms with E-state index in [2.05, 4.69) is 5.32 Å². The SMILES string of the molecule is CCN(CC(=O)Nc1ccc2c(c1)OCCO2)C(=O)c1ccc(C(=O)O)s1. The molecule has 1 aromatic carbocycles. The number of thiophene rings is 1. The van der Waals surface area contributed by atoms with Crippen LogP contribution in [0.25, 0.3) is 0 Å². The summed E-state index contributed by atoms with van der Waals surface area (Å²) in [5.41, 5.74) is 0.539. The van der Waals surface area contributed by atoms with Crippen molar-refractivity contribution in [3.8, 4) is 11.5 Å². The fourth-order valence-electron chi connectivity index (χ4n) is 2.55. The number of amides is 2. The van der Waals surface area contributed by atoms with Crippen molar-refractivity contribution in [2.75, 3.05) is 31.6 Å². The lowest BCUT2D eigenvalue weighted by molar-refractivity contribution is -0.116. The van der Waals surface area contributed by atoms with Gasteiger partial charge in [0.15, 0.2) is 11.5 Å². The van der Waals surface area contributed by atoms with Crippen molar-refractivity contribution in [3.05, 3.63) is 40.1 Å². The zero-order valence-corrected chi connectivity index (χ0v) is 15.4. The van der Waals surface area contributed by atoms with Crippen LogP contribution in [-0.2, 0) is 4.79 Å². The van der Waals surface area contributed by atoms with E-state index in [4.69, 9.17) is 14.6 Å². The third-order valence-electron chi connectivity index (χ3n) is 3.86. The van der Waals surface area contributed by atoms with Crippen LogP contribution >= 0.6 is 11.3 Å². The molecule has 0 bridgehead atoms. The van der Waals surface area contributed by atoms with Gasteiger partial charge >= 0.3 is 5.97 Å². The van der Waals surface area contributed by atoms with Crippen LogP contribution in [-0.4, -0.2) is 54.1 Å². The molecule has 0 fully saturated rings. The van der Waals surface area contributed by atoms with Gasteiger partial charge in [-0.1, -0.05) is 0 Å². The van der Waals surface area contributed by atoms with Gasteiger partial charge in [0.05, 0.1) is 4.88 Å². The molecule has 0 aliphatic carbocycles. The number of carboxylic acids is 1. The first kappa shape index (κ1) is 18.7. The Morgan fingerprint density at radius 1 is 1.11 bits per heavy atom. The van der Waals surface area contributed by atoms with Gasteiger partial charge in [0.25, 0.3) is 5.91 Å². The molecule has 1 aromatic heterocycles. The Kier molecular flexibility index (Phi) is 5.60. The molecule has 3 rings (SSSR count). The van der Waals surface area contributed by atoms with E-state index in [9.17, 15) is 14.4 Å². The van der Waals surface area contributed by atoms with E-state index in [1.165, 1.54) is 17.0 Å². The molecule has 0 unspecified atom stereocenters. The Labute approximate surface area is 159 Å². The number of aromatic carboxylic acids is 1. The number of nitrogens with one attached hydrogen (secondary N) is 1. The molecule has 2 N–H and O–H groups in total. The molecule has 2 amide bonds. The van der Waals surface area contributed by atoms with Gasteiger partial charge in [-0.3, -0.25) is 9.59 Å². The molecule has 9 heteroatoms. The Morgan fingerprint density at radius 2 is 1.81 bits per heavy atom. The van der Waals surface area contributed by atoms with E-state index < -0.39 is 5.97 Å². The molecule has 0 spiro atoms. The molecule has 1 aliphatic heterocycles. The number of carboxylic acid groups (broad SMARTS) is 1. The molecule has 2 heterocycles. The smallest absolute Gasteiger partial charge is 0.345 e. The van der Waals surface area contributed by atoms with Crippen molar-refractivity contribution in [2.24, 2.45) is 0 Å². The van der Waals surface area contributed by atoms with Gasteiger partial charge in [-0.05, 0) is 31.2 Å². The van der Waals surface area contributed by atoms with Gasteiger partial charge in [-0.2, -0.15) is 0 Å². The van der Waals surface area contributed by atoms with Gasteiger partial charge in [0, 0.05) is 18.3 Å². The van der Waals surface area contributed by atoms with E-state index in [-0.39, 0.29) is 28.1 Å². The lowest BCUT2D eigenvalue weighted by atomic mass is 10.2. The zero-order valence-electron chi connectivity index (χ0n) is 14.6. The summed E-state index contributed by atoms with van der Waals surface area (Å²) in [7, 11) is 0. The van der Waals surface area contributed by atoms with Crippen molar-refractivity contribution in [1.29, 1.82) is 0 Å². The maximum absolute atomic E-state index is 12.5. The molecule has 0 atom stereocenters. The summed E-state index contributed by atoms with van der Waals surface area (Å²) in [6.45, 7) is 2.85. The van der Waals surface area contributed by atoms with Crippen LogP contribution in [0, 0.1) is 0 Å². The predicted octanol–water partition coefficient (Wildman–Crippen LogP) is 2.32. The molecule has 142 valence electrons. The summed E-state index contributed by atoms with van der Waals surface area (Å²) < 4.78 is 10.9. The monoisotopic (exact) mass is 390 g/mol. The summed E-state index contributed by atoms with van der Waals surface area (Å²) in [5.74, 6) is -0.651. The fourth-order valence-corrected chi connectivity index (χ4v) is 3.36. The lowest BCUT2D eigenvalue weighted by Crippen LogP contribution is -2.37. The molecule has 0 radical (unpaired) electrons. The Balaban J connectivity index is 1.64. The first-order valence-corrected chi connectivity index (χ1v) is 9.11. The first-order valence-electron chi connectivity index (χ1n) is 8.30. The zero-order chi connectivity index (χ0) is 19.4. The summed E-state index contributed by atoms with van der Waals surface area (Å²) in [6.07, 6.45) is 0. The van der Waals surface area contributed by atoms with Crippen molar-refractivity contribution >= 4 is 34.8 Å². The highest BCUT2D eigenvalue weighted by atomic mass is 32.1. The van der Waals surface area contributed by atoms with Crippen LogP contribution in [0.15, 0.2) is 30.3 Å². The van der Waals surface area contributed by atoms with Crippen LogP contribution in [0.4, 0.5) is 5.69 Å². The highest BCUT2D eigenvalue weighted by molar-refractivity contribution is 7.15. The number of benzene rings is 1. The minimum atomic E-state index is -1.08. The fraction of sp³-hybridized carbons (Fsp3) is 0.278. The average Bonchev–Trinajstić information content (AvgIpc) is 3.16. The third kappa shape index (κ3) is 4.37. The number of fused-ring (bicyclic) bond motifs is 1. The van der Waals surface area contributed by atoms with Crippen molar-refractivity contribution in [3.63, 3.8) is 0 Å². The number of carbonyl (C=O) groups excluding carboxylic acids is 2. The first-order chi connectivity index (χ1) is 13.0.